The summed E-state index contributed by atoms with van der Waals surface area (Å²) in [6.45, 7) is 3.49. The summed E-state index contributed by atoms with van der Waals surface area (Å²) in [6.07, 6.45) is 3.04. The zero-order chi connectivity index (χ0) is 52.2. The van der Waals surface area contributed by atoms with Gasteiger partial charge < -0.3 is 39.1 Å². The molecule has 0 bridgehead atoms. The van der Waals surface area contributed by atoms with Gasteiger partial charge in [0, 0.05) is 72.7 Å². The first-order chi connectivity index (χ1) is 33.7. The van der Waals surface area contributed by atoms with E-state index in [0.717, 1.165) is 5.56 Å². The summed E-state index contributed by atoms with van der Waals surface area (Å²) < 4.78 is 24.1. The number of para-hydroxylation sites is 2. The maximum absolute atomic E-state index is 13.4. The largest absolute Gasteiger partial charge is 0.495 e. The second kappa shape index (κ2) is 22.2. The summed E-state index contributed by atoms with van der Waals surface area (Å²) in [6, 6.07) is 19.2. The molecular formula is C48H41Cl5N8O10. The molecule has 0 aliphatic heterocycles. The Bertz CT molecular complexity index is 3500. The van der Waals surface area contributed by atoms with Crippen molar-refractivity contribution >= 4 is 108 Å². The van der Waals surface area contributed by atoms with E-state index in [1.807, 2.05) is 0 Å². The number of halogens is 5. The number of benzene rings is 4. The molecule has 23 heteroatoms. The van der Waals surface area contributed by atoms with Crippen LogP contribution in [0.2, 0.25) is 25.2 Å². The zero-order valence-corrected chi connectivity index (χ0v) is 42.6. The van der Waals surface area contributed by atoms with E-state index < -0.39 is 9.85 Å². The van der Waals surface area contributed by atoms with Gasteiger partial charge in [-0.2, -0.15) is 0 Å². The van der Waals surface area contributed by atoms with Crippen molar-refractivity contribution < 1.29 is 28.8 Å². The quantitative estimate of drug-likeness (QED) is 0.0562. The van der Waals surface area contributed by atoms with Gasteiger partial charge in [-0.15, -0.1) is 0 Å². The summed E-state index contributed by atoms with van der Waals surface area (Å²) >= 11 is 31.9. The molecule has 0 unspecified atom stereocenters. The fourth-order valence-corrected chi connectivity index (χ4v) is 8.81. The van der Waals surface area contributed by atoms with Crippen molar-refractivity contribution in [3.05, 3.63) is 162 Å². The van der Waals surface area contributed by atoms with E-state index in [4.69, 9.17) is 82.7 Å². The van der Waals surface area contributed by atoms with Crippen LogP contribution < -0.4 is 41.1 Å². The predicted octanol–water partition coefficient (Wildman–Crippen LogP) is 11.9. The SMILES string of the molecule is COc1cc(OC)c(Cl)c(-c2cc3cnc(Cl)cc3c(=O)n2C)c1Cl.COc1cc(OC)c(Cl)c(-c2cc3cnc(Nc4c(C)cccc4[N+](=O)[O-])cc3c(=O)n2C)c1Cl.Cc1cccc([N+](=O)[O-])c1N. The number of aromatic nitrogens is 4. The molecule has 0 saturated heterocycles. The van der Waals surface area contributed by atoms with E-state index in [-0.39, 0.29) is 53.4 Å². The maximum atomic E-state index is 13.4. The monoisotopic (exact) mass is 1060 g/mol. The Morgan fingerprint density at radius 1 is 0.592 bits per heavy atom. The van der Waals surface area contributed by atoms with Crippen molar-refractivity contribution in [2.75, 3.05) is 39.5 Å². The number of nitrogens with one attached hydrogen (secondary N) is 1. The minimum atomic E-state index is -0.484. The number of nitrogens with two attached hydrogens (primary N) is 1. The van der Waals surface area contributed by atoms with Crippen molar-refractivity contribution in [2.24, 2.45) is 14.1 Å². The summed E-state index contributed by atoms with van der Waals surface area (Å²) in [4.78, 5) is 55.3. The molecule has 368 valence electrons. The summed E-state index contributed by atoms with van der Waals surface area (Å²) in [5.41, 5.74) is 8.47. The van der Waals surface area contributed by atoms with E-state index in [9.17, 15) is 29.8 Å². The molecule has 0 saturated carbocycles. The molecule has 0 atom stereocenters. The number of nitro groups is 2. The molecule has 18 nitrogen and oxygen atoms in total. The van der Waals surface area contributed by atoms with Crippen LogP contribution in [0.4, 0.5) is 28.6 Å². The number of pyridine rings is 4. The topological polar surface area (TPSA) is 231 Å². The van der Waals surface area contributed by atoms with Crippen LogP contribution >= 0.6 is 58.0 Å². The van der Waals surface area contributed by atoms with Gasteiger partial charge >= 0.3 is 0 Å². The molecule has 0 fully saturated rings. The Hall–Kier alpha value is -7.35. The zero-order valence-electron chi connectivity index (χ0n) is 38.8. The van der Waals surface area contributed by atoms with Crippen molar-refractivity contribution in [2.45, 2.75) is 13.8 Å². The van der Waals surface area contributed by atoms with Gasteiger partial charge in [0.25, 0.3) is 22.5 Å². The second-order valence-corrected chi connectivity index (χ2v) is 17.1. The van der Waals surface area contributed by atoms with Gasteiger partial charge in [-0.05, 0) is 49.2 Å². The Balaban J connectivity index is 0.000000198. The Morgan fingerprint density at radius 3 is 1.42 bits per heavy atom. The standard InChI is InChI=1S/C24H20Cl2N4O5.C17H13Cl3N2O3.C7H8N2O2/c1-12-6-5-7-15(30(32)33)23(12)28-19-9-14-13(11-27-19)8-16(29(2)24(14)31)20-21(25)17(34-3)10-18(35-4)22(20)26;1-22-10(4-8-7-21-13(18)5-9(8)17(22)23)14-15(19)11(24-2)6-12(25-3)16(14)20;1-5-3-2-4-6(7(5)8)9(10)11/h5-11H,1-4H3,(H,27,28);4-7H,1-3H3;2-4H,8H2,1H3. The maximum Gasteiger partial charge on any atom is 0.292 e. The number of nitrogen functional groups attached to an aromatic ring is 1. The normalized spacial score (nSPS) is 10.7. The molecule has 0 amide bonds. The van der Waals surface area contributed by atoms with Gasteiger partial charge in [-0.3, -0.25) is 29.8 Å². The molecule has 3 N–H and O–H groups in total. The van der Waals surface area contributed by atoms with E-state index in [0.29, 0.717) is 84.1 Å². The first-order valence-corrected chi connectivity index (χ1v) is 22.4. The van der Waals surface area contributed by atoms with E-state index in [2.05, 4.69) is 15.3 Å². The van der Waals surface area contributed by atoms with Crippen molar-refractivity contribution in [1.29, 1.82) is 0 Å². The molecular weight excluding hydrogens is 1030 g/mol. The van der Waals surface area contributed by atoms with Crippen LogP contribution in [-0.4, -0.2) is 57.4 Å². The first-order valence-electron chi connectivity index (χ1n) is 20.6. The van der Waals surface area contributed by atoms with Crippen molar-refractivity contribution in [3.63, 3.8) is 0 Å². The number of aryl methyl sites for hydroxylation is 2. The van der Waals surface area contributed by atoms with Crippen LogP contribution in [0, 0.1) is 34.1 Å². The number of ether oxygens (including phenoxy) is 4. The number of hydrogen-bond acceptors (Lipinski definition) is 14. The highest BCUT2D eigenvalue weighted by Gasteiger charge is 2.24. The average Bonchev–Trinajstić information content (AvgIpc) is 3.34. The molecule has 8 rings (SSSR count). The van der Waals surface area contributed by atoms with Crippen molar-refractivity contribution in [3.8, 4) is 45.5 Å². The number of rotatable bonds is 10. The molecule has 0 radical (unpaired) electrons. The van der Waals surface area contributed by atoms with Gasteiger partial charge in [0.05, 0.1) is 80.5 Å². The Labute approximate surface area is 429 Å². The summed E-state index contributed by atoms with van der Waals surface area (Å²) in [7, 11) is 9.14. The number of hydrogen-bond donors (Lipinski definition) is 2. The number of nitrogens with zero attached hydrogens (tertiary/aromatic N) is 6. The first kappa shape index (κ1) is 53.0. The lowest BCUT2D eigenvalue weighted by atomic mass is 10.1. The lowest BCUT2D eigenvalue weighted by Crippen LogP contribution is -2.19. The molecule has 4 aromatic carbocycles. The minimum absolute atomic E-state index is 0.0231. The second-order valence-electron chi connectivity index (χ2n) is 15.2. The van der Waals surface area contributed by atoms with Crippen LogP contribution in [-0.2, 0) is 14.1 Å². The van der Waals surface area contributed by atoms with Gasteiger partial charge in [0.2, 0.25) is 0 Å². The highest BCUT2D eigenvalue weighted by atomic mass is 35.5. The highest BCUT2D eigenvalue weighted by molar-refractivity contribution is 6.42. The van der Waals surface area contributed by atoms with Gasteiger partial charge in [-0.25, -0.2) is 9.97 Å². The fourth-order valence-electron chi connectivity index (χ4n) is 7.26. The third-order valence-corrected chi connectivity index (χ3v) is 12.8. The van der Waals surface area contributed by atoms with Crippen LogP contribution in [0.25, 0.3) is 44.1 Å². The fraction of sp³-hybridized carbons (Fsp3) is 0.167. The lowest BCUT2D eigenvalue weighted by molar-refractivity contribution is -0.384. The average molecular weight is 1070 g/mol. The smallest absolute Gasteiger partial charge is 0.292 e. The van der Waals surface area contributed by atoms with E-state index in [1.54, 1.807) is 82.5 Å². The Kier molecular flexibility index (Phi) is 16.5. The predicted molar refractivity (Wildman–Crippen MR) is 279 cm³/mol. The minimum Gasteiger partial charge on any atom is -0.495 e. The lowest BCUT2D eigenvalue weighted by Gasteiger charge is -2.17. The summed E-state index contributed by atoms with van der Waals surface area (Å²) in [5, 5.41) is 27.9. The van der Waals surface area contributed by atoms with E-state index >= 15 is 0 Å². The highest BCUT2D eigenvalue weighted by Crippen LogP contribution is 2.47. The molecule has 71 heavy (non-hydrogen) atoms. The molecule has 0 spiro atoms. The van der Waals surface area contributed by atoms with E-state index in [1.165, 1.54) is 68.2 Å². The molecule has 4 heterocycles. The van der Waals surface area contributed by atoms with Crippen LogP contribution in [0.3, 0.4) is 0 Å². The third kappa shape index (κ3) is 10.7. The molecule has 4 aromatic heterocycles. The molecule has 8 aromatic rings. The van der Waals surface area contributed by atoms with Gasteiger partial charge in [-0.1, -0.05) is 82.3 Å². The van der Waals surface area contributed by atoms with Crippen LogP contribution in [0.15, 0.2) is 94.8 Å². The van der Waals surface area contributed by atoms with Gasteiger partial charge in [0.1, 0.15) is 45.3 Å². The van der Waals surface area contributed by atoms with Crippen LogP contribution in [0.1, 0.15) is 11.1 Å². The third-order valence-electron chi connectivity index (χ3n) is 11.1. The van der Waals surface area contributed by atoms with Crippen molar-refractivity contribution in [1.82, 2.24) is 19.1 Å². The number of nitro benzene ring substituents is 2. The number of anilines is 3. The number of fused-ring (bicyclic) bond motifs is 2. The molecule has 0 aliphatic rings. The number of methoxy groups -OCH3 is 4. The Morgan fingerprint density at radius 2 is 1.00 bits per heavy atom. The molecule has 0 aliphatic carbocycles. The van der Waals surface area contributed by atoms with Gasteiger partial charge in [0.15, 0.2) is 0 Å². The van der Waals surface area contributed by atoms with Crippen LogP contribution in [0.5, 0.6) is 23.0 Å². The summed E-state index contributed by atoms with van der Waals surface area (Å²) in [5.74, 6) is 1.75.